The van der Waals surface area contributed by atoms with Gasteiger partial charge in [-0.1, -0.05) is 18.2 Å². The number of amides is 1. The number of nitrogens with zero attached hydrogens (tertiary/aromatic N) is 2. The fourth-order valence-electron chi connectivity index (χ4n) is 3.79. The number of benzene rings is 2. The van der Waals surface area contributed by atoms with Crippen LogP contribution in [0.3, 0.4) is 0 Å². The summed E-state index contributed by atoms with van der Waals surface area (Å²) in [5.74, 6) is -1.15. The van der Waals surface area contributed by atoms with Crippen molar-refractivity contribution in [1.29, 1.82) is 0 Å². The molecule has 3 rings (SSSR count). The first-order valence-corrected chi connectivity index (χ1v) is 11.4. The van der Waals surface area contributed by atoms with E-state index in [1.54, 1.807) is 36.4 Å². The van der Waals surface area contributed by atoms with E-state index in [0.717, 1.165) is 0 Å². The number of rotatable bonds is 6. The molecule has 0 saturated carbocycles. The summed E-state index contributed by atoms with van der Waals surface area (Å²) in [6.07, 6.45) is 1.17. The van der Waals surface area contributed by atoms with Crippen molar-refractivity contribution in [3.63, 3.8) is 0 Å². The molecule has 6 nitrogen and oxygen atoms in total. The highest BCUT2D eigenvalue weighted by molar-refractivity contribution is 7.89. The SMILES string of the molecule is COc1ccc(N(C(=O)C2CCCN(S(=O)(=O)c3ccccc3)C2)C(C)C)cc1F. The lowest BCUT2D eigenvalue weighted by atomic mass is 9.97. The maximum absolute atomic E-state index is 14.2. The summed E-state index contributed by atoms with van der Waals surface area (Å²) in [5.41, 5.74) is 0.427. The standard InChI is InChI=1S/C22H27FN2O4S/c1-16(2)25(18-11-12-21(29-3)20(23)14-18)22(26)17-8-7-13-24(15-17)30(27,28)19-9-5-4-6-10-19/h4-6,9-12,14,16-17H,7-8,13,15H2,1-3H3. The molecule has 1 unspecified atom stereocenters. The fourth-order valence-corrected chi connectivity index (χ4v) is 5.33. The zero-order valence-electron chi connectivity index (χ0n) is 17.4. The lowest BCUT2D eigenvalue weighted by Crippen LogP contribution is -2.48. The minimum atomic E-state index is -3.67. The van der Waals surface area contributed by atoms with Crippen LogP contribution in [-0.4, -0.2) is 44.9 Å². The Bertz CT molecular complexity index is 995. The molecule has 30 heavy (non-hydrogen) atoms. The summed E-state index contributed by atoms with van der Waals surface area (Å²) < 4.78 is 46.5. The van der Waals surface area contributed by atoms with Gasteiger partial charge in [-0.3, -0.25) is 4.79 Å². The zero-order valence-corrected chi connectivity index (χ0v) is 18.2. The molecular formula is C22H27FN2O4S. The van der Waals surface area contributed by atoms with Crippen LogP contribution < -0.4 is 9.64 Å². The molecule has 1 amide bonds. The fraction of sp³-hybridized carbons (Fsp3) is 0.409. The molecule has 162 valence electrons. The molecule has 0 aliphatic carbocycles. The number of piperidine rings is 1. The quantitative estimate of drug-likeness (QED) is 0.696. The van der Waals surface area contributed by atoms with Gasteiger partial charge in [-0.2, -0.15) is 4.31 Å². The van der Waals surface area contributed by atoms with E-state index in [4.69, 9.17) is 4.74 Å². The highest BCUT2D eigenvalue weighted by Gasteiger charge is 2.36. The van der Waals surface area contributed by atoms with Crippen molar-refractivity contribution >= 4 is 21.6 Å². The van der Waals surface area contributed by atoms with Crippen molar-refractivity contribution in [2.45, 2.75) is 37.6 Å². The second-order valence-electron chi connectivity index (χ2n) is 7.64. The summed E-state index contributed by atoms with van der Waals surface area (Å²) in [5, 5.41) is 0. The van der Waals surface area contributed by atoms with Crippen LogP contribution in [0.5, 0.6) is 5.75 Å². The van der Waals surface area contributed by atoms with E-state index in [1.807, 2.05) is 13.8 Å². The van der Waals surface area contributed by atoms with Crippen molar-refractivity contribution in [3.05, 3.63) is 54.3 Å². The smallest absolute Gasteiger partial charge is 0.243 e. The molecule has 0 N–H and O–H groups in total. The van der Waals surface area contributed by atoms with Gasteiger partial charge in [0.05, 0.1) is 17.9 Å². The van der Waals surface area contributed by atoms with Gasteiger partial charge >= 0.3 is 0 Å². The van der Waals surface area contributed by atoms with Crippen molar-refractivity contribution < 1.29 is 22.3 Å². The van der Waals surface area contributed by atoms with Gasteiger partial charge in [-0.05, 0) is 51.0 Å². The number of hydrogen-bond donors (Lipinski definition) is 0. The average Bonchev–Trinajstić information content (AvgIpc) is 2.74. The van der Waals surface area contributed by atoms with Crippen LogP contribution in [0.4, 0.5) is 10.1 Å². The molecule has 2 aromatic carbocycles. The third-order valence-electron chi connectivity index (χ3n) is 5.28. The molecule has 1 saturated heterocycles. The van der Waals surface area contributed by atoms with Crippen LogP contribution in [0.25, 0.3) is 0 Å². The Hall–Kier alpha value is -2.45. The lowest BCUT2D eigenvalue weighted by molar-refractivity contribution is -0.123. The maximum Gasteiger partial charge on any atom is 0.243 e. The van der Waals surface area contributed by atoms with Gasteiger partial charge < -0.3 is 9.64 Å². The topological polar surface area (TPSA) is 66.9 Å². The minimum Gasteiger partial charge on any atom is -0.494 e. The van der Waals surface area contributed by atoms with Gasteiger partial charge in [0.15, 0.2) is 11.6 Å². The highest BCUT2D eigenvalue weighted by atomic mass is 32.2. The van der Waals surface area contributed by atoms with Crippen LogP contribution in [0.2, 0.25) is 0 Å². The zero-order chi connectivity index (χ0) is 21.9. The molecule has 0 aromatic heterocycles. The molecule has 2 aromatic rings. The van der Waals surface area contributed by atoms with E-state index in [2.05, 4.69) is 0 Å². The Morgan fingerprint density at radius 2 is 1.90 bits per heavy atom. The highest BCUT2D eigenvalue weighted by Crippen LogP contribution is 2.30. The van der Waals surface area contributed by atoms with E-state index in [-0.39, 0.29) is 29.1 Å². The average molecular weight is 435 g/mol. The predicted octanol–water partition coefficient (Wildman–Crippen LogP) is 3.68. The summed E-state index contributed by atoms with van der Waals surface area (Å²) in [7, 11) is -2.29. The Labute approximate surface area is 177 Å². The molecule has 1 aliphatic rings. The molecule has 1 heterocycles. The molecule has 8 heteroatoms. The van der Waals surface area contributed by atoms with Gasteiger partial charge in [0, 0.05) is 30.9 Å². The molecule has 1 fully saturated rings. The number of halogens is 1. The molecular weight excluding hydrogens is 407 g/mol. The van der Waals surface area contributed by atoms with Crippen LogP contribution in [0, 0.1) is 11.7 Å². The third-order valence-corrected chi connectivity index (χ3v) is 7.16. The van der Waals surface area contributed by atoms with Gasteiger partial charge in [0.25, 0.3) is 0 Å². The van der Waals surface area contributed by atoms with Gasteiger partial charge in [-0.15, -0.1) is 0 Å². The van der Waals surface area contributed by atoms with Gasteiger partial charge in [0.1, 0.15) is 0 Å². The first-order valence-electron chi connectivity index (χ1n) is 9.97. The van der Waals surface area contributed by atoms with Crippen molar-refractivity contribution in [2.24, 2.45) is 5.92 Å². The van der Waals surface area contributed by atoms with Gasteiger partial charge in [-0.25, -0.2) is 12.8 Å². The number of hydrogen-bond acceptors (Lipinski definition) is 4. The predicted molar refractivity (Wildman–Crippen MR) is 113 cm³/mol. The number of methoxy groups -OCH3 is 1. The Morgan fingerprint density at radius 3 is 2.50 bits per heavy atom. The largest absolute Gasteiger partial charge is 0.494 e. The van der Waals surface area contributed by atoms with Crippen molar-refractivity contribution in [3.8, 4) is 5.75 Å². The molecule has 0 radical (unpaired) electrons. The number of ether oxygens (including phenoxy) is 1. The van der Waals surface area contributed by atoms with E-state index in [1.165, 1.54) is 28.4 Å². The Morgan fingerprint density at radius 1 is 1.20 bits per heavy atom. The second kappa shape index (κ2) is 9.14. The maximum atomic E-state index is 14.2. The number of anilines is 1. The van der Waals surface area contributed by atoms with E-state index < -0.39 is 21.8 Å². The summed E-state index contributed by atoms with van der Waals surface area (Å²) in [4.78, 5) is 15.1. The van der Waals surface area contributed by atoms with Crippen LogP contribution in [-0.2, 0) is 14.8 Å². The van der Waals surface area contributed by atoms with E-state index in [9.17, 15) is 17.6 Å². The van der Waals surface area contributed by atoms with E-state index in [0.29, 0.717) is 25.1 Å². The molecule has 1 atom stereocenters. The monoisotopic (exact) mass is 434 g/mol. The molecule has 0 bridgehead atoms. The Balaban J connectivity index is 1.84. The van der Waals surface area contributed by atoms with Gasteiger partial charge in [0.2, 0.25) is 15.9 Å². The number of sulfonamides is 1. The van der Waals surface area contributed by atoms with Crippen molar-refractivity contribution in [2.75, 3.05) is 25.1 Å². The van der Waals surface area contributed by atoms with Crippen LogP contribution in [0.1, 0.15) is 26.7 Å². The lowest BCUT2D eigenvalue weighted by Gasteiger charge is -2.36. The second-order valence-corrected chi connectivity index (χ2v) is 9.57. The summed E-state index contributed by atoms with van der Waals surface area (Å²) >= 11 is 0. The van der Waals surface area contributed by atoms with Crippen molar-refractivity contribution in [1.82, 2.24) is 4.31 Å². The van der Waals surface area contributed by atoms with E-state index >= 15 is 0 Å². The normalized spacial score (nSPS) is 17.7. The third kappa shape index (κ3) is 4.49. The molecule has 0 spiro atoms. The first kappa shape index (κ1) is 22.2. The number of carbonyl (C=O) groups is 1. The van der Waals surface area contributed by atoms with Crippen LogP contribution in [0.15, 0.2) is 53.4 Å². The minimum absolute atomic E-state index is 0.104. The first-order chi connectivity index (χ1) is 14.3. The Kier molecular flexibility index (Phi) is 6.77. The summed E-state index contributed by atoms with van der Waals surface area (Å²) in [6.45, 7) is 4.18. The van der Waals surface area contributed by atoms with Crippen LogP contribution >= 0.6 is 0 Å². The number of carbonyl (C=O) groups excluding carboxylic acids is 1. The summed E-state index contributed by atoms with van der Waals surface area (Å²) in [6, 6.07) is 12.4. The molecule has 1 aliphatic heterocycles.